The summed E-state index contributed by atoms with van der Waals surface area (Å²) in [5, 5.41) is 24.1. The Bertz CT molecular complexity index is 1040. The Kier molecular flexibility index (Phi) is 4.59. The van der Waals surface area contributed by atoms with Crippen LogP contribution >= 0.6 is 0 Å². The number of non-ortho nitro benzene ring substituents is 1. The zero-order valence-electron chi connectivity index (χ0n) is 14.3. The molecule has 0 spiro atoms. The summed E-state index contributed by atoms with van der Waals surface area (Å²) in [6.45, 7) is 3.38. The van der Waals surface area contributed by atoms with Gasteiger partial charge in [-0.3, -0.25) is 10.1 Å². The zero-order valence-corrected chi connectivity index (χ0v) is 14.3. The molecule has 0 saturated heterocycles. The molecule has 0 aliphatic heterocycles. The monoisotopic (exact) mass is 371 g/mol. The van der Waals surface area contributed by atoms with E-state index < -0.39 is 22.4 Å². The van der Waals surface area contributed by atoms with Crippen LogP contribution in [0.3, 0.4) is 0 Å². The number of aromatic nitrogens is 2. The molecule has 0 amide bonds. The van der Waals surface area contributed by atoms with E-state index in [9.17, 15) is 24.4 Å². The Morgan fingerprint density at radius 2 is 1.89 bits per heavy atom. The second-order valence-corrected chi connectivity index (χ2v) is 5.81. The minimum atomic E-state index is -1.26. The van der Waals surface area contributed by atoms with Gasteiger partial charge >= 0.3 is 5.97 Å². The molecule has 0 saturated carbocycles. The van der Waals surface area contributed by atoms with Crippen LogP contribution in [0.4, 0.5) is 10.1 Å². The van der Waals surface area contributed by atoms with E-state index in [0.717, 1.165) is 23.8 Å². The second-order valence-electron chi connectivity index (χ2n) is 5.81. The Morgan fingerprint density at radius 1 is 1.22 bits per heavy atom. The quantitative estimate of drug-likeness (QED) is 0.536. The van der Waals surface area contributed by atoms with Crippen LogP contribution in [0.25, 0.3) is 5.69 Å². The van der Waals surface area contributed by atoms with Gasteiger partial charge in [-0.1, -0.05) is 17.7 Å². The van der Waals surface area contributed by atoms with Crippen LogP contribution in [0.5, 0.6) is 11.6 Å². The smallest absolute Gasteiger partial charge is 0.356 e. The maximum atomic E-state index is 14.2. The van der Waals surface area contributed by atoms with Crippen molar-refractivity contribution in [3.63, 3.8) is 0 Å². The van der Waals surface area contributed by atoms with E-state index in [1.165, 1.54) is 11.6 Å². The minimum absolute atomic E-state index is 0.00371. The summed E-state index contributed by atoms with van der Waals surface area (Å²) in [4.78, 5) is 21.4. The molecule has 0 unspecified atom stereocenters. The number of hydrogen-bond acceptors (Lipinski definition) is 5. The lowest BCUT2D eigenvalue weighted by molar-refractivity contribution is -0.385. The topological polar surface area (TPSA) is 107 Å². The first-order valence-corrected chi connectivity index (χ1v) is 7.79. The Hall–Kier alpha value is -3.75. The van der Waals surface area contributed by atoms with Gasteiger partial charge in [0.05, 0.1) is 16.7 Å². The predicted octanol–water partition coefficient (Wildman–Crippen LogP) is 4.03. The lowest BCUT2D eigenvalue weighted by atomic mass is 10.2. The average molecular weight is 371 g/mol. The third kappa shape index (κ3) is 3.47. The van der Waals surface area contributed by atoms with Crippen molar-refractivity contribution in [1.82, 2.24) is 9.78 Å². The fraction of sp³-hybridized carbons (Fsp3) is 0.111. The van der Waals surface area contributed by atoms with Crippen LogP contribution in [0, 0.1) is 29.8 Å². The van der Waals surface area contributed by atoms with E-state index in [1.807, 2.05) is 19.1 Å². The molecule has 3 rings (SSSR count). The molecule has 2 aromatic carbocycles. The first-order chi connectivity index (χ1) is 12.8. The third-order valence-electron chi connectivity index (χ3n) is 3.88. The van der Waals surface area contributed by atoms with Crippen LogP contribution in [-0.4, -0.2) is 25.8 Å². The normalized spacial score (nSPS) is 10.6. The van der Waals surface area contributed by atoms with Crippen LogP contribution in [0.15, 0.2) is 42.5 Å². The molecule has 27 heavy (non-hydrogen) atoms. The van der Waals surface area contributed by atoms with Crippen LogP contribution in [0.2, 0.25) is 0 Å². The summed E-state index contributed by atoms with van der Waals surface area (Å²) in [5.41, 5.74) is 1.04. The zero-order chi connectivity index (χ0) is 19.7. The van der Waals surface area contributed by atoms with Gasteiger partial charge in [0.2, 0.25) is 5.88 Å². The summed E-state index contributed by atoms with van der Waals surface area (Å²) in [5.74, 6) is -2.48. The number of nitro groups is 1. The number of aromatic carboxylic acids is 1. The SMILES string of the molecule is Cc1ccc(-n2nc(C(=O)O)c(C)c2Oc2ccc([N+](=O)[O-])cc2F)cc1. The van der Waals surface area contributed by atoms with E-state index in [0.29, 0.717) is 5.69 Å². The number of carbonyl (C=O) groups is 1. The lowest BCUT2D eigenvalue weighted by Crippen LogP contribution is -2.03. The molecular weight excluding hydrogens is 357 g/mol. The molecule has 138 valence electrons. The lowest BCUT2D eigenvalue weighted by Gasteiger charge is -2.11. The highest BCUT2D eigenvalue weighted by molar-refractivity contribution is 5.88. The molecule has 0 atom stereocenters. The summed E-state index contributed by atoms with van der Waals surface area (Å²) in [6, 6.07) is 9.98. The number of carboxylic acid groups (broad SMARTS) is 1. The molecule has 0 aliphatic carbocycles. The van der Waals surface area contributed by atoms with Crippen molar-refractivity contribution < 1.29 is 24.0 Å². The molecule has 0 fully saturated rings. The van der Waals surface area contributed by atoms with Crippen molar-refractivity contribution >= 4 is 11.7 Å². The van der Waals surface area contributed by atoms with Crippen LogP contribution in [0.1, 0.15) is 21.6 Å². The molecule has 8 nitrogen and oxygen atoms in total. The highest BCUT2D eigenvalue weighted by Crippen LogP contribution is 2.32. The van der Waals surface area contributed by atoms with Crippen LogP contribution < -0.4 is 4.74 Å². The van der Waals surface area contributed by atoms with Gasteiger partial charge in [0.15, 0.2) is 17.3 Å². The number of carboxylic acids is 1. The van der Waals surface area contributed by atoms with E-state index in [2.05, 4.69) is 5.10 Å². The number of benzene rings is 2. The average Bonchev–Trinajstić information content (AvgIpc) is 2.94. The molecule has 1 heterocycles. The van der Waals surface area contributed by atoms with E-state index in [1.54, 1.807) is 12.1 Å². The molecule has 3 aromatic rings. The standard InChI is InChI=1S/C18H14FN3O5/c1-10-3-5-12(6-4-10)21-17(11(2)16(20-21)18(23)24)27-15-8-7-13(22(25)26)9-14(15)19/h3-9H,1-2H3,(H,23,24). The molecule has 1 aromatic heterocycles. The fourth-order valence-corrected chi connectivity index (χ4v) is 2.45. The molecule has 0 aliphatic rings. The third-order valence-corrected chi connectivity index (χ3v) is 3.88. The summed E-state index contributed by atoms with van der Waals surface area (Å²) in [7, 11) is 0. The van der Waals surface area contributed by atoms with Gasteiger partial charge in [-0.25, -0.2) is 9.18 Å². The minimum Gasteiger partial charge on any atom is -0.476 e. The van der Waals surface area contributed by atoms with Gasteiger partial charge in [0.25, 0.3) is 5.69 Å². The van der Waals surface area contributed by atoms with E-state index in [4.69, 9.17) is 4.74 Å². The maximum absolute atomic E-state index is 14.2. The van der Waals surface area contributed by atoms with Gasteiger partial charge in [0.1, 0.15) is 0 Å². The number of nitrogens with zero attached hydrogens (tertiary/aromatic N) is 3. The highest BCUT2D eigenvalue weighted by atomic mass is 19.1. The second kappa shape index (κ2) is 6.87. The van der Waals surface area contributed by atoms with Crippen molar-refractivity contribution in [2.24, 2.45) is 0 Å². The first kappa shape index (κ1) is 18.1. The van der Waals surface area contributed by atoms with Crippen molar-refractivity contribution in [2.45, 2.75) is 13.8 Å². The number of nitro benzene ring substituents is 1. The molecule has 0 radical (unpaired) electrons. The molecular formula is C18H14FN3O5. The number of aryl methyl sites for hydroxylation is 1. The number of hydrogen-bond donors (Lipinski definition) is 1. The largest absolute Gasteiger partial charge is 0.476 e. The molecule has 9 heteroatoms. The van der Waals surface area contributed by atoms with Crippen LogP contribution in [-0.2, 0) is 0 Å². The van der Waals surface area contributed by atoms with E-state index in [-0.39, 0.29) is 22.9 Å². The number of ether oxygens (including phenoxy) is 1. The van der Waals surface area contributed by atoms with Gasteiger partial charge in [-0.2, -0.15) is 9.78 Å². The van der Waals surface area contributed by atoms with Crippen molar-refractivity contribution in [1.29, 1.82) is 0 Å². The molecule has 1 N–H and O–H groups in total. The number of halogens is 1. The number of rotatable bonds is 5. The summed E-state index contributed by atoms with van der Waals surface area (Å²) < 4.78 is 21.0. The van der Waals surface area contributed by atoms with Gasteiger partial charge in [-0.15, -0.1) is 0 Å². The maximum Gasteiger partial charge on any atom is 0.356 e. The summed E-state index contributed by atoms with van der Waals surface area (Å²) >= 11 is 0. The predicted molar refractivity (Wildman–Crippen MR) is 93.1 cm³/mol. The van der Waals surface area contributed by atoms with Crippen molar-refractivity contribution in [3.05, 3.63) is 75.2 Å². The van der Waals surface area contributed by atoms with E-state index >= 15 is 0 Å². The van der Waals surface area contributed by atoms with Gasteiger partial charge in [0, 0.05) is 11.6 Å². The Morgan fingerprint density at radius 3 is 2.44 bits per heavy atom. The first-order valence-electron chi connectivity index (χ1n) is 7.79. The Labute approximate surface area is 152 Å². The van der Waals surface area contributed by atoms with Gasteiger partial charge in [-0.05, 0) is 32.0 Å². The Balaban J connectivity index is 2.10. The molecule has 0 bridgehead atoms. The fourth-order valence-electron chi connectivity index (χ4n) is 2.45. The van der Waals surface area contributed by atoms with Gasteiger partial charge < -0.3 is 9.84 Å². The van der Waals surface area contributed by atoms with Crippen molar-refractivity contribution in [3.8, 4) is 17.3 Å². The summed E-state index contributed by atoms with van der Waals surface area (Å²) in [6.07, 6.45) is 0. The highest BCUT2D eigenvalue weighted by Gasteiger charge is 2.23. The van der Waals surface area contributed by atoms with Crippen molar-refractivity contribution in [2.75, 3.05) is 0 Å².